The summed E-state index contributed by atoms with van der Waals surface area (Å²) in [6.45, 7) is 12.4. The molecule has 2 nitrogen and oxygen atoms in total. The Morgan fingerprint density at radius 3 is 2.33 bits per heavy atom. The van der Waals surface area contributed by atoms with Crippen LogP contribution < -0.4 is 5.73 Å². The molecule has 2 N–H and O–H groups in total. The van der Waals surface area contributed by atoms with Crippen LogP contribution in [-0.2, 0) is 0 Å². The Kier molecular flexibility index (Phi) is 4.08. The van der Waals surface area contributed by atoms with Crippen LogP contribution in [-0.4, -0.2) is 24.5 Å². The zero-order valence-corrected chi connectivity index (χ0v) is 12.1. The van der Waals surface area contributed by atoms with E-state index < -0.39 is 0 Å². The summed E-state index contributed by atoms with van der Waals surface area (Å²) < 4.78 is 0. The second kappa shape index (κ2) is 5.41. The fourth-order valence-electron chi connectivity index (χ4n) is 2.78. The van der Waals surface area contributed by atoms with Crippen molar-refractivity contribution in [2.45, 2.75) is 33.7 Å². The zero-order chi connectivity index (χ0) is 13.3. The van der Waals surface area contributed by atoms with Crippen molar-refractivity contribution >= 4 is 0 Å². The summed E-state index contributed by atoms with van der Waals surface area (Å²) in [6.07, 6.45) is 0. The molecule has 0 aliphatic carbocycles. The molecule has 1 aliphatic rings. The summed E-state index contributed by atoms with van der Waals surface area (Å²) in [7, 11) is 0. The van der Waals surface area contributed by atoms with Crippen molar-refractivity contribution in [2.24, 2.45) is 17.6 Å². The average Bonchev–Trinajstić information content (AvgIpc) is 2.61. The maximum absolute atomic E-state index is 6.34. The van der Waals surface area contributed by atoms with Gasteiger partial charge in [-0.15, -0.1) is 0 Å². The predicted octanol–water partition coefficient (Wildman–Crippen LogP) is 2.89. The molecule has 2 heteroatoms. The first-order valence-electron chi connectivity index (χ1n) is 7.02. The summed E-state index contributed by atoms with van der Waals surface area (Å²) in [6, 6.07) is 6.74. The Hall–Kier alpha value is -0.860. The Morgan fingerprint density at radius 2 is 1.78 bits per heavy atom. The highest BCUT2D eigenvalue weighted by atomic mass is 15.2. The quantitative estimate of drug-likeness (QED) is 0.888. The number of benzene rings is 1. The van der Waals surface area contributed by atoms with Crippen LogP contribution >= 0.6 is 0 Å². The molecule has 0 radical (unpaired) electrons. The highest BCUT2D eigenvalue weighted by Gasteiger charge is 2.27. The first kappa shape index (κ1) is 13.6. The third kappa shape index (κ3) is 2.93. The summed E-state index contributed by atoms with van der Waals surface area (Å²) in [5.41, 5.74) is 10.3. The SMILES string of the molecule is Cc1ccc(C(N)CN2CC(C)C(C)C2)cc1C. The van der Waals surface area contributed by atoms with Gasteiger partial charge in [0.05, 0.1) is 0 Å². The maximum atomic E-state index is 6.34. The molecule has 1 saturated heterocycles. The van der Waals surface area contributed by atoms with Gasteiger partial charge in [0.2, 0.25) is 0 Å². The third-order valence-electron chi connectivity index (χ3n) is 4.48. The fourth-order valence-corrected chi connectivity index (χ4v) is 2.78. The first-order chi connectivity index (χ1) is 8.47. The lowest BCUT2D eigenvalue weighted by molar-refractivity contribution is 0.303. The summed E-state index contributed by atoms with van der Waals surface area (Å²) in [5.74, 6) is 1.61. The molecule has 18 heavy (non-hydrogen) atoms. The number of nitrogens with zero attached hydrogens (tertiary/aromatic N) is 1. The zero-order valence-electron chi connectivity index (χ0n) is 12.1. The Labute approximate surface area is 111 Å². The van der Waals surface area contributed by atoms with Gasteiger partial charge in [-0.2, -0.15) is 0 Å². The van der Waals surface area contributed by atoms with E-state index in [2.05, 4.69) is 50.8 Å². The largest absolute Gasteiger partial charge is 0.323 e. The molecule has 0 spiro atoms. The van der Waals surface area contributed by atoms with Gasteiger partial charge in [-0.3, -0.25) is 0 Å². The van der Waals surface area contributed by atoms with Crippen LogP contribution in [0.2, 0.25) is 0 Å². The van der Waals surface area contributed by atoms with Gasteiger partial charge in [0, 0.05) is 25.7 Å². The van der Waals surface area contributed by atoms with E-state index in [0.29, 0.717) is 0 Å². The highest BCUT2D eigenvalue weighted by molar-refractivity contribution is 5.31. The molecule has 1 fully saturated rings. The minimum atomic E-state index is 0.141. The molecule has 0 amide bonds. The van der Waals surface area contributed by atoms with E-state index >= 15 is 0 Å². The Morgan fingerprint density at radius 1 is 1.17 bits per heavy atom. The van der Waals surface area contributed by atoms with Crippen LogP contribution in [0, 0.1) is 25.7 Å². The number of rotatable bonds is 3. The van der Waals surface area contributed by atoms with Crippen molar-refractivity contribution in [3.8, 4) is 0 Å². The van der Waals surface area contributed by atoms with Crippen LogP contribution in [0.4, 0.5) is 0 Å². The van der Waals surface area contributed by atoms with E-state index in [0.717, 1.165) is 18.4 Å². The van der Waals surface area contributed by atoms with Crippen molar-refractivity contribution in [2.75, 3.05) is 19.6 Å². The van der Waals surface area contributed by atoms with Gasteiger partial charge in [0.15, 0.2) is 0 Å². The topological polar surface area (TPSA) is 29.3 Å². The Bertz CT molecular complexity index is 404. The molecule has 0 aromatic heterocycles. The fraction of sp³-hybridized carbons (Fsp3) is 0.625. The minimum absolute atomic E-state index is 0.141. The molecule has 1 aromatic rings. The summed E-state index contributed by atoms with van der Waals surface area (Å²) in [4.78, 5) is 2.51. The lowest BCUT2D eigenvalue weighted by atomic mass is 10.0. The smallest absolute Gasteiger partial charge is 0.0424 e. The van der Waals surface area contributed by atoms with Gasteiger partial charge in [0.25, 0.3) is 0 Å². The van der Waals surface area contributed by atoms with E-state index in [1.165, 1.54) is 29.8 Å². The van der Waals surface area contributed by atoms with Crippen molar-refractivity contribution < 1.29 is 0 Å². The van der Waals surface area contributed by atoms with Gasteiger partial charge in [-0.1, -0.05) is 32.0 Å². The number of hydrogen-bond acceptors (Lipinski definition) is 2. The molecule has 1 aliphatic heterocycles. The van der Waals surface area contributed by atoms with Crippen LogP contribution in [0.3, 0.4) is 0 Å². The number of hydrogen-bond donors (Lipinski definition) is 1. The van der Waals surface area contributed by atoms with Gasteiger partial charge in [-0.25, -0.2) is 0 Å². The molecule has 1 aromatic carbocycles. The van der Waals surface area contributed by atoms with Crippen molar-refractivity contribution in [1.82, 2.24) is 4.90 Å². The number of likely N-dealkylation sites (tertiary alicyclic amines) is 1. The number of nitrogens with two attached hydrogens (primary N) is 1. The van der Waals surface area contributed by atoms with E-state index in [4.69, 9.17) is 5.73 Å². The van der Waals surface area contributed by atoms with Crippen molar-refractivity contribution in [3.05, 3.63) is 34.9 Å². The molecule has 2 rings (SSSR count). The predicted molar refractivity (Wildman–Crippen MR) is 77.6 cm³/mol. The molecule has 0 saturated carbocycles. The van der Waals surface area contributed by atoms with Gasteiger partial charge in [0.1, 0.15) is 0 Å². The first-order valence-corrected chi connectivity index (χ1v) is 7.02. The van der Waals surface area contributed by atoms with E-state index in [9.17, 15) is 0 Å². The van der Waals surface area contributed by atoms with Crippen LogP contribution in [0.15, 0.2) is 18.2 Å². The molecule has 3 unspecified atom stereocenters. The lowest BCUT2D eigenvalue weighted by Crippen LogP contribution is -2.30. The Balaban J connectivity index is 1.99. The molecular formula is C16H26N2. The van der Waals surface area contributed by atoms with Gasteiger partial charge < -0.3 is 10.6 Å². The van der Waals surface area contributed by atoms with Crippen LogP contribution in [0.25, 0.3) is 0 Å². The monoisotopic (exact) mass is 246 g/mol. The molecule has 100 valence electrons. The second-order valence-corrected chi connectivity index (χ2v) is 6.12. The van der Waals surface area contributed by atoms with Crippen molar-refractivity contribution in [1.29, 1.82) is 0 Å². The lowest BCUT2D eigenvalue weighted by Gasteiger charge is -2.21. The molecule has 1 heterocycles. The third-order valence-corrected chi connectivity index (χ3v) is 4.48. The maximum Gasteiger partial charge on any atom is 0.0424 e. The van der Waals surface area contributed by atoms with E-state index in [1.807, 2.05) is 0 Å². The van der Waals surface area contributed by atoms with Gasteiger partial charge >= 0.3 is 0 Å². The number of aryl methyl sites for hydroxylation is 2. The summed E-state index contributed by atoms with van der Waals surface area (Å²) in [5, 5.41) is 0. The van der Waals surface area contributed by atoms with Gasteiger partial charge in [-0.05, 0) is 42.4 Å². The van der Waals surface area contributed by atoms with E-state index in [1.54, 1.807) is 0 Å². The van der Waals surface area contributed by atoms with Crippen LogP contribution in [0.5, 0.6) is 0 Å². The summed E-state index contributed by atoms with van der Waals surface area (Å²) >= 11 is 0. The normalized spacial score (nSPS) is 26.5. The minimum Gasteiger partial charge on any atom is -0.323 e. The van der Waals surface area contributed by atoms with Crippen molar-refractivity contribution in [3.63, 3.8) is 0 Å². The molecular weight excluding hydrogens is 220 g/mol. The molecule has 0 bridgehead atoms. The highest BCUT2D eigenvalue weighted by Crippen LogP contribution is 2.24. The molecule has 3 atom stereocenters. The standard InChI is InChI=1S/C16H26N2/c1-11-5-6-15(7-12(11)2)16(17)10-18-8-13(3)14(4)9-18/h5-7,13-14,16H,8-10,17H2,1-4H3. The van der Waals surface area contributed by atoms with Crippen LogP contribution in [0.1, 0.15) is 36.6 Å². The second-order valence-electron chi connectivity index (χ2n) is 6.12. The average molecular weight is 246 g/mol. The van der Waals surface area contributed by atoms with E-state index in [-0.39, 0.29) is 6.04 Å².